The highest BCUT2D eigenvalue weighted by Gasteiger charge is 2.29. The predicted molar refractivity (Wildman–Crippen MR) is 132 cm³/mol. The maximum absolute atomic E-state index is 6.41. The SMILES string of the molecule is CCCCCCOc1cc(C(C)(C)CC)c(OCCCCCC)cc1C(C)(C)CC. The average Bonchev–Trinajstić information content (AvgIpc) is 2.73. The smallest absolute Gasteiger partial charge is 0.123 e. The van der Waals surface area contributed by atoms with Crippen LogP contribution in [0.4, 0.5) is 0 Å². The van der Waals surface area contributed by atoms with Crippen molar-refractivity contribution in [3.8, 4) is 11.5 Å². The zero-order valence-corrected chi connectivity index (χ0v) is 21.5. The van der Waals surface area contributed by atoms with E-state index in [4.69, 9.17) is 9.47 Å². The molecule has 0 saturated carbocycles. The Morgan fingerprint density at radius 1 is 0.567 bits per heavy atom. The van der Waals surface area contributed by atoms with Gasteiger partial charge in [-0.1, -0.05) is 93.9 Å². The van der Waals surface area contributed by atoms with Crippen LogP contribution < -0.4 is 9.47 Å². The van der Waals surface area contributed by atoms with Gasteiger partial charge < -0.3 is 9.47 Å². The van der Waals surface area contributed by atoms with Gasteiger partial charge in [0.25, 0.3) is 0 Å². The first-order valence-corrected chi connectivity index (χ1v) is 12.7. The lowest BCUT2D eigenvalue weighted by Crippen LogP contribution is -2.22. The highest BCUT2D eigenvalue weighted by molar-refractivity contribution is 5.52. The monoisotopic (exact) mass is 418 g/mol. The Hall–Kier alpha value is -1.18. The molecule has 0 atom stereocenters. The molecular weight excluding hydrogens is 368 g/mol. The van der Waals surface area contributed by atoms with Gasteiger partial charge in [-0.15, -0.1) is 0 Å². The molecule has 1 aromatic rings. The summed E-state index contributed by atoms with van der Waals surface area (Å²) in [4.78, 5) is 0. The summed E-state index contributed by atoms with van der Waals surface area (Å²) in [6.07, 6.45) is 12.0. The lowest BCUT2D eigenvalue weighted by Gasteiger charge is -2.32. The van der Waals surface area contributed by atoms with Crippen LogP contribution in [0.25, 0.3) is 0 Å². The van der Waals surface area contributed by atoms with E-state index in [0.717, 1.165) is 50.4 Å². The van der Waals surface area contributed by atoms with E-state index < -0.39 is 0 Å². The van der Waals surface area contributed by atoms with Gasteiger partial charge in [-0.05, 0) is 48.6 Å². The maximum atomic E-state index is 6.41. The van der Waals surface area contributed by atoms with Crippen LogP contribution in [0, 0.1) is 0 Å². The standard InChI is InChI=1S/C28H50O2/c1-9-13-15-17-19-29-25-21-24(28(7,8)12-4)26(30-20-18-16-14-10-2)22-23(25)27(5,6)11-3/h21-22H,9-20H2,1-8H3. The molecular formula is C28H50O2. The van der Waals surface area contributed by atoms with Gasteiger partial charge in [0, 0.05) is 11.1 Å². The molecule has 0 saturated heterocycles. The van der Waals surface area contributed by atoms with E-state index in [2.05, 4.69) is 67.5 Å². The van der Waals surface area contributed by atoms with E-state index in [1.54, 1.807) is 0 Å². The lowest BCUT2D eigenvalue weighted by atomic mass is 9.77. The number of ether oxygens (including phenoxy) is 2. The summed E-state index contributed by atoms with van der Waals surface area (Å²) in [5.74, 6) is 2.13. The van der Waals surface area contributed by atoms with Crippen molar-refractivity contribution < 1.29 is 9.47 Å². The second-order valence-corrected chi connectivity index (χ2v) is 10.1. The zero-order valence-electron chi connectivity index (χ0n) is 21.5. The van der Waals surface area contributed by atoms with Crippen molar-refractivity contribution in [2.24, 2.45) is 0 Å². The van der Waals surface area contributed by atoms with Crippen LogP contribution in [-0.4, -0.2) is 13.2 Å². The Kier molecular flexibility index (Phi) is 11.9. The van der Waals surface area contributed by atoms with Gasteiger partial charge in [-0.3, -0.25) is 0 Å². The third kappa shape index (κ3) is 8.16. The van der Waals surface area contributed by atoms with Gasteiger partial charge in [-0.2, -0.15) is 0 Å². The summed E-state index contributed by atoms with van der Waals surface area (Å²) in [6.45, 7) is 19.9. The van der Waals surface area contributed by atoms with Crippen molar-refractivity contribution in [3.63, 3.8) is 0 Å². The third-order valence-corrected chi connectivity index (χ3v) is 6.82. The molecule has 174 valence electrons. The predicted octanol–water partition coefficient (Wildman–Crippen LogP) is 8.98. The maximum Gasteiger partial charge on any atom is 0.123 e. The zero-order chi connectivity index (χ0) is 22.6. The Labute approximate surface area is 188 Å². The van der Waals surface area contributed by atoms with Crippen molar-refractivity contribution in [3.05, 3.63) is 23.3 Å². The van der Waals surface area contributed by atoms with Crippen LogP contribution in [0.5, 0.6) is 11.5 Å². The van der Waals surface area contributed by atoms with Crippen LogP contribution in [-0.2, 0) is 10.8 Å². The minimum atomic E-state index is 0.0635. The van der Waals surface area contributed by atoms with Crippen molar-refractivity contribution >= 4 is 0 Å². The Bertz CT molecular complexity index is 547. The summed E-state index contributed by atoms with van der Waals surface area (Å²) >= 11 is 0. The van der Waals surface area contributed by atoms with E-state index in [1.165, 1.54) is 49.7 Å². The second kappa shape index (κ2) is 13.3. The molecule has 0 bridgehead atoms. The van der Waals surface area contributed by atoms with E-state index in [-0.39, 0.29) is 10.8 Å². The molecule has 0 aliphatic heterocycles. The van der Waals surface area contributed by atoms with Crippen LogP contribution in [0.15, 0.2) is 12.1 Å². The molecule has 0 amide bonds. The molecule has 30 heavy (non-hydrogen) atoms. The topological polar surface area (TPSA) is 18.5 Å². The van der Waals surface area contributed by atoms with Crippen LogP contribution >= 0.6 is 0 Å². The summed E-state index contributed by atoms with van der Waals surface area (Å²) in [5, 5.41) is 0. The molecule has 0 spiro atoms. The highest BCUT2D eigenvalue weighted by Crippen LogP contribution is 2.43. The molecule has 0 aromatic heterocycles. The fraction of sp³-hybridized carbons (Fsp3) is 0.786. The number of hydrogen-bond acceptors (Lipinski definition) is 2. The van der Waals surface area contributed by atoms with Crippen LogP contribution in [0.2, 0.25) is 0 Å². The molecule has 0 aliphatic carbocycles. The summed E-state index contributed by atoms with van der Waals surface area (Å²) in [7, 11) is 0. The van der Waals surface area contributed by atoms with Gasteiger partial charge in [-0.25, -0.2) is 0 Å². The molecule has 0 fully saturated rings. The largest absolute Gasteiger partial charge is 0.493 e. The average molecular weight is 419 g/mol. The third-order valence-electron chi connectivity index (χ3n) is 6.82. The van der Waals surface area contributed by atoms with Crippen molar-refractivity contribution in [2.75, 3.05) is 13.2 Å². The number of benzene rings is 1. The van der Waals surface area contributed by atoms with Crippen LogP contribution in [0.1, 0.15) is 131 Å². The van der Waals surface area contributed by atoms with Gasteiger partial charge in [0.05, 0.1) is 13.2 Å². The van der Waals surface area contributed by atoms with Crippen molar-refractivity contribution in [1.29, 1.82) is 0 Å². The molecule has 1 rings (SSSR count). The molecule has 2 nitrogen and oxygen atoms in total. The van der Waals surface area contributed by atoms with Gasteiger partial charge in [0.15, 0.2) is 0 Å². The van der Waals surface area contributed by atoms with E-state index in [0.29, 0.717) is 0 Å². The molecule has 0 heterocycles. The number of unbranched alkanes of at least 4 members (excludes halogenated alkanes) is 6. The molecule has 2 heteroatoms. The highest BCUT2D eigenvalue weighted by atomic mass is 16.5. The van der Waals surface area contributed by atoms with Gasteiger partial charge in [0.2, 0.25) is 0 Å². The summed E-state index contributed by atoms with van der Waals surface area (Å²) < 4.78 is 12.8. The Morgan fingerprint density at radius 3 is 1.23 bits per heavy atom. The van der Waals surface area contributed by atoms with Crippen LogP contribution in [0.3, 0.4) is 0 Å². The fourth-order valence-electron chi connectivity index (χ4n) is 3.66. The molecule has 0 unspecified atom stereocenters. The second-order valence-electron chi connectivity index (χ2n) is 10.1. The van der Waals surface area contributed by atoms with Crippen molar-refractivity contribution in [2.45, 2.75) is 130 Å². The first-order valence-electron chi connectivity index (χ1n) is 12.7. The number of rotatable bonds is 16. The fourth-order valence-corrected chi connectivity index (χ4v) is 3.66. The normalized spacial score (nSPS) is 12.3. The Balaban J connectivity index is 3.22. The minimum absolute atomic E-state index is 0.0635. The Morgan fingerprint density at radius 2 is 0.933 bits per heavy atom. The minimum Gasteiger partial charge on any atom is -0.493 e. The quantitative estimate of drug-likeness (QED) is 0.249. The molecule has 0 aliphatic rings. The number of hydrogen-bond donors (Lipinski definition) is 0. The van der Waals surface area contributed by atoms with E-state index in [9.17, 15) is 0 Å². The summed E-state index contributed by atoms with van der Waals surface area (Å²) in [5.41, 5.74) is 2.71. The first-order chi connectivity index (χ1) is 14.2. The van der Waals surface area contributed by atoms with Crippen molar-refractivity contribution in [1.82, 2.24) is 0 Å². The molecule has 1 aromatic carbocycles. The van der Waals surface area contributed by atoms with Gasteiger partial charge in [0.1, 0.15) is 11.5 Å². The van der Waals surface area contributed by atoms with Gasteiger partial charge >= 0.3 is 0 Å². The molecule has 0 radical (unpaired) electrons. The lowest BCUT2D eigenvalue weighted by molar-refractivity contribution is 0.281. The van der Waals surface area contributed by atoms with E-state index >= 15 is 0 Å². The summed E-state index contributed by atoms with van der Waals surface area (Å²) in [6, 6.07) is 4.61. The first kappa shape index (κ1) is 26.9. The van der Waals surface area contributed by atoms with E-state index in [1.807, 2.05) is 0 Å². The molecule has 0 N–H and O–H groups in total.